The molecule has 0 fully saturated rings. The third-order valence-electron chi connectivity index (χ3n) is 1.93. The van der Waals surface area contributed by atoms with Gasteiger partial charge in [-0.3, -0.25) is 9.59 Å². The molecule has 0 rings (SSSR count). The number of sulfonamides is 1. The van der Waals surface area contributed by atoms with Crippen LogP contribution in [0.3, 0.4) is 0 Å². The summed E-state index contributed by atoms with van der Waals surface area (Å²) in [5.41, 5.74) is 4.83. The van der Waals surface area contributed by atoms with Crippen LogP contribution in [-0.4, -0.2) is 36.7 Å². The zero-order valence-electron chi connectivity index (χ0n) is 9.08. The van der Waals surface area contributed by atoms with Crippen LogP contribution in [-0.2, 0) is 19.6 Å². The minimum Gasteiger partial charge on any atom is -0.480 e. The van der Waals surface area contributed by atoms with Crippen LogP contribution in [0.5, 0.6) is 0 Å². The summed E-state index contributed by atoms with van der Waals surface area (Å²) in [6, 6.07) is 0.0102. The highest BCUT2D eigenvalue weighted by atomic mass is 32.2. The minimum absolute atomic E-state index is 0.262. The zero-order chi connectivity index (χ0) is 13.6. The highest BCUT2D eigenvalue weighted by molar-refractivity contribution is 7.90. The van der Waals surface area contributed by atoms with Gasteiger partial charge in [0, 0.05) is 6.42 Å². The molecule has 0 heterocycles. The van der Waals surface area contributed by atoms with E-state index in [1.807, 2.05) is 4.72 Å². The van der Waals surface area contributed by atoms with E-state index < -0.39 is 33.2 Å². The summed E-state index contributed by atoms with van der Waals surface area (Å²) in [6.45, 7) is 1.12. The fraction of sp³-hybridized carbons (Fsp3) is 0.625. The van der Waals surface area contributed by atoms with E-state index >= 15 is 0 Å². The van der Waals surface area contributed by atoms with Gasteiger partial charge in [-0.1, -0.05) is 0 Å². The van der Waals surface area contributed by atoms with Crippen molar-refractivity contribution in [3.63, 3.8) is 0 Å². The predicted octanol–water partition coefficient (Wildman–Crippen LogP) is -1.46. The molecule has 17 heavy (non-hydrogen) atoms. The Hall–Kier alpha value is -1.66. The lowest BCUT2D eigenvalue weighted by Crippen LogP contribution is -2.44. The monoisotopic (exact) mass is 263 g/mol. The van der Waals surface area contributed by atoms with Crippen molar-refractivity contribution < 1.29 is 23.1 Å². The Morgan fingerprint density at radius 3 is 2.41 bits per heavy atom. The summed E-state index contributed by atoms with van der Waals surface area (Å²) in [6.07, 6.45) is -0.525. The molecule has 0 saturated heterocycles. The Kier molecular flexibility index (Phi) is 5.57. The maximum Gasteiger partial charge on any atom is 0.321 e. The summed E-state index contributed by atoms with van der Waals surface area (Å²) < 4.78 is 24.7. The lowest BCUT2D eigenvalue weighted by molar-refractivity contribution is -0.139. The quantitative estimate of drug-likeness (QED) is 0.510. The third-order valence-corrected chi connectivity index (χ3v) is 3.58. The number of carbonyl (C=O) groups excluding carboxylic acids is 1. The molecule has 4 N–H and O–H groups in total. The van der Waals surface area contributed by atoms with Gasteiger partial charge in [-0.15, -0.1) is 0 Å². The SMILES string of the molecule is CC(C#N)S(=O)(=O)N[C@H](CCC(N)=O)C(=O)O. The van der Waals surface area contributed by atoms with E-state index in [1.54, 1.807) is 0 Å². The molecule has 0 spiro atoms. The Labute approximate surface area is 98.5 Å². The predicted molar refractivity (Wildman–Crippen MR) is 57.0 cm³/mol. The molecule has 0 aromatic heterocycles. The smallest absolute Gasteiger partial charge is 0.321 e. The van der Waals surface area contributed by atoms with Gasteiger partial charge in [0.25, 0.3) is 0 Å². The maximum atomic E-state index is 11.4. The minimum atomic E-state index is -4.05. The number of nitrogens with one attached hydrogen (secondary N) is 1. The first-order valence-corrected chi connectivity index (χ1v) is 6.17. The van der Waals surface area contributed by atoms with Gasteiger partial charge in [0.05, 0.1) is 6.07 Å². The molecule has 8 nitrogen and oxygen atoms in total. The van der Waals surface area contributed by atoms with E-state index in [0.29, 0.717) is 0 Å². The molecule has 96 valence electrons. The van der Waals surface area contributed by atoms with Crippen LogP contribution in [0.1, 0.15) is 19.8 Å². The molecule has 0 aromatic rings. The first kappa shape index (κ1) is 15.3. The Bertz CT molecular complexity index is 439. The van der Waals surface area contributed by atoms with E-state index in [2.05, 4.69) is 0 Å². The van der Waals surface area contributed by atoms with Gasteiger partial charge >= 0.3 is 5.97 Å². The van der Waals surface area contributed by atoms with Crippen molar-refractivity contribution in [2.45, 2.75) is 31.1 Å². The van der Waals surface area contributed by atoms with Crippen LogP contribution in [0.4, 0.5) is 0 Å². The number of nitriles is 1. The Morgan fingerprint density at radius 2 is 2.06 bits per heavy atom. The largest absolute Gasteiger partial charge is 0.480 e. The standard InChI is InChI=1S/C8H13N3O5S/c1-5(4-9)17(15,16)11-6(8(13)14)2-3-7(10)12/h5-6,11H,2-3H2,1H3,(H2,10,12)(H,13,14)/t5?,6-/m1/s1. The van der Waals surface area contributed by atoms with E-state index in [9.17, 15) is 18.0 Å². The molecule has 0 aromatic carbocycles. The van der Waals surface area contributed by atoms with Crippen LogP contribution in [0, 0.1) is 11.3 Å². The first-order valence-electron chi connectivity index (χ1n) is 4.62. The van der Waals surface area contributed by atoms with Crippen molar-refractivity contribution in [2.75, 3.05) is 0 Å². The number of primary amides is 1. The highest BCUT2D eigenvalue weighted by Gasteiger charge is 2.28. The van der Waals surface area contributed by atoms with E-state index in [1.165, 1.54) is 6.07 Å². The highest BCUT2D eigenvalue weighted by Crippen LogP contribution is 2.03. The average molecular weight is 263 g/mol. The van der Waals surface area contributed by atoms with E-state index in [0.717, 1.165) is 6.92 Å². The molecular formula is C8H13N3O5S. The number of amides is 1. The number of rotatable bonds is 7. The molecule has 2 atom stereocenters. The summed E-state index contributed by atoms with van der Waals surface area (Å²) in [7, 11) is -4.05. The molecule has 0 aliphatic rings. The number of hydrogen-bond donors (Lipinski definition) is 3. The number of carboxylic acid groups (broad SMARTS) is 1. The van der Waals surface area contributed by atoms with Gasteiger partial charge in [0.15, 0.2) is 5.25 Å². The number of nitrogens with two attached hydrogens (primary N) is 1. The number of hydrogen-bond acceptors (Lipinski definition) is 5. The topological polar surface area (TPSA) is 150 Å². The number of nitrogens with zero attached hydrogens (tertiary/aromatic N) is 1. The van der Waals surface area contributed by atoms with Gasteiger partial charge in [-0.2, -0.15) is 9.98 Å². The van der Waals surface area contributed by atoms with E-state index in [-0.39, 0.29) is 12.8 Å². The number of aliphatic carboxylic acids is 1. The molecular weight excluding hydrogens is 250 g/mol. The van der Waals surface area contributed by atoms with Crippen LogP contribution in [0.2, 0.25) is 0 Å². The molecule has 0 aliphatic carbocycles. The summed E-state index contributed by atoms with van der Waals surface area (Å²) in [5.74, 6) is -2.16. The van der Waals surface area contributed by atoms with Crippen molar-refractivity contribution in [3.8, 4) is 6.07 Å². The van der Waals surface area contributed by atoms with Crippen molar-refractivity contribution in [1.29, 1.82) is 5.26 Å². The second kappa shape index (κ2) is 6.17. The van der Waals surface area contributed by atoms with Crippen LogP contribution in [0.25, 0.3) is 0 Å². The van der Waals surface area contributed by atoms with Gasteiger partial charge in [-0.25, -0.2) is 8.42 Å². The van der Waals surface area contributed by atoms with Crippen molar-refractivity contribution >= 4 is 21.9 Å². The molecule has 0 saturated carbocycles. The zero-order valence-corrected chi connectivity index (χ0v) is 9.90. The number of carboxylic acids is 1. The summed E-state index contributed by atoms with van der Waals surface area (Å²) >= 11 is 0. The van der Waals surface area contributed by atoms with Crippen LogP contribution in [0.15, 0.2) is 0 Å². The lowest BCUT2D eigenvalue weighted by Gasteiger charge is -2.14. The molecule has 9 heteroatoms. The van der Waals surface area contributed by atoms with Gasteiger partial charge in [0.1, 0.15) is 6.04 Å². The van der Waals surface area contributed by atoms with Gasteiger partial charge in [-0.05, 0) is 13.3 Å². The molecule has 0 bridgehead atoms. The lowest BCUT2D eigenvalue weighted by atomic mass is 10.2. The Morgan fingerprint density at radius 1 is 1.53 bits per heavy atom. The number of carbonyl (C=O) groups is 2. The third kappa shape index (κ3) is 5.28. The second-order valence-electron chi connectivity index (χ2n) is 3.33. The van der Waals surface area contributed by atoms with Crippen molar-refractivity contribution in [1.82, 2.24) is 4.72 Å². The fourth-order valence-corrected chi connectivity index (χ4v) is 1.85. The van der Waals surface area contributed by atoms with Gasteiger partial charge in [0.2, 0.25) is 15.9 Å². The van der Waals surface area contributed by atoms with Gasteiger partial charge < -0.3 is 10.8 Å². The Balaban J connectivity index is 4.73. The van der Waals surface area contributed by atoms with Crippen LogP contribution < -0.4 is 10.5 Å². The summed E-state index contributed by atoms with van der Waals surface area (Å²) in [4.78, 5) is 21.2. The van der Waals surface area contributed by atoms with Crippen molar-refractivity contribution in [3.05, 3.63) is 0 Å². The molecule has 1 unspecified atom stereocenters. The van der Waals surface area contributed by atoms with E-state index in [4.69, 9.17) is 16.1 Å². The maximum absolute atomic E-state index is 11.4. The fourth-order valence-electron chi connectivity index (χ4n) is 0.889. The normalized spacial score (nSPS) is 14.6. The molecule has 0 radical (unpaired) electrons. The molecule has 1 amide bonds. The van der Waals surface area contributed by atoms with Crippen molar-refractivity contribution in [2.24, 2.45) is 5.73 Å². The molecule has 0 aliphatic heterocycles. The van der Waals surface area contributed by atoms with Crippen LogP contribution >= 0.6 is 0 Å². The average Bonchev–Trinajstić information content (AvgIpc) is 2.22. The summed E-state index contributed by atoms with van der Waals surface area (Å²) in [5, 5.41) is 15.8. The first-order chi connectivity index (χ1) is 7.70. The second-order valence-corrected chi connectivity index (χ2v) is 5.36.